The summed E-state index contributed by atoms with van der Waals surface area (Å²) in [6.45, 7) is 4.90. The summed E-state index contributed by atoms with van der Waals surface area (Å²) in [5.74, 6) is -0.212. The number of methoxy groups -OCH3 is 3. The Balaban J connectivity index is 1.98. The molecule has 2 N–H and O–H groups in total. The molecular formula is C26H29N3O7. The zero-order valence-corrected chi connectivity index (χ0v) is 21.0. The largest absolute Gasteiger partial charge is 0.493 e. The lowest BCUT2D eigenvalue weighted by molar-refractivity contribution is -0.127. The third-order valence-electron chi connectivity index (χ3n) is 5.21. The highest BCUT2D eigenvalue weighted by Gasteiger charge is 2.24. The van der Waals surface area contributed by atoms with Gasteiger partial charge >= 0.3 is 12.0 Å². The van der Waals surface area contributed by atoms with Crippen LogP contribution < -0.4 is 24.8 Å². The number of imide groups is 1. The van der Waals surface area contributed by atoms with E-state index in [1.807, 2.05) is 0 Å². The molecule has 1 heterocycles. The fraction of sp³-hybridized carbons (Fsp3) is 0.308. The molecule has 3 rings (SSSR count). The van der Waals surface area contributed by atoms with E-state index in [2.05, 4.69) is 15.6 Å². The van der Waals surface area contributed by atoms with Crippen molar-refractivity contribution in [2.75, 3.05) is 21.3 Å². The zero-order valence-electron chi connectivity index (χ0n) is 21.0. The summed E-state index contributed by atoms with van der Waals surface area (Å²) in [4.78, 5) is 42.0. The number of rotatable bonds is 8. The number of hydrogen-bond donors (Lipinski definition) is 2. The molecule has 190 valence electrons. The van der Waals surface area contributed by atoms with E-state index in [1.54, 1.807) is 56.3 Å². The van der Waals surface area contributed by atoms with Crippen LogP contribution in [0.15, 0.2) is 42.5 Å². The predicted octanol–water partition coefficient (Wildman–Crippen LogP) is 3.71. The lowest BCUT2D eigenvalue weighted by Gasteiger charge is -2.16. The zero-order chi connectivity index (χ0) is 26.4. The number of nitrogens with zero attached hydrogens (tertiary/aromatic N) is 1. The van der Waals surface area contributed by atoms with Crippen LogP contribution in [0.4, 0.5) is 4.79 Å². The van der Waals surface area contributed by atoms with Crippen molar-refractivity contribution in [3.05, 3.63) is 48.0 Å². The number of hydrogen-bond acceptors (Lipinski definition) is 8. The van der Waals surface area contributed by atoms with E-state index < -0.39 is 24.0 Å². The molecule has 36 heavy (non-hydrogen) atoms. The van der Waals surface area contributed by atoms with Crippen molar-refractivity contribution in [2.45, 2.75) is 32.9 Å². The molecular weight excluding hydrogens is 466 g/mol. The number of esters is 1. The topological polar surface area (TPSA) is 125 Å². The highest BCUT2D eigenvalue weighted by Crippen LogP contribution is 2.41. The normalized spacial score (nSPS) is 11.5. The molecule has 10 heteroatoms. The van der Waals surface area contributed by atoms with Gasteiger partial charge in [0.1, 0.15) is 0 Å². The number of aromatic nitrogens is 1. The maximum atomic E-state index is 13.2. The molecule has 0 bridgehead atoms. The second-order valence-corrected chi connectivity index (χ2v) is 8.15. The van der Waals surface area contributed by atoms with Crippen LogP contribution in [0.25, 0.3) is 22.2 Å². The second-order valence-electron chi connectivity index (χ2n) is 8.15. The van der Waals surface area contributed by atoms with E-state index in [0.29, 0.717) is 39.4 Å². The molecule has 0 saturated carbocycles. The quantitative estimate of drug-likeness (QED) is 0.453. The Morgan fingerprint density at radius 2 is 1.53 bits per heavy atom. The van der Waals surface area contributed by atoms with E-state index in [4.69, 9.17) is 18.9 Å². The SMILES string of the molecule is COc1cc(-c2cc(C(=O)OC(C)C(=O)NC(=O)NC(C)C)c3ccccc3n2)cc(OC)c1OC. The van der Waals surface area contributed by atoms with Crippen molar-refractivity contribution in [3.63, 3.8) is 0 Å². The Morgan fingerprint density at radius 3 is 2.11 bits per heavy atom. The number of ether oxygens (including phenoxy) is 4. The molecule has 0 radical (unpaired) electrons. The van der Waals surface area contributed by atoms with Crippen LogP contribution >= 0.6 is 0 Å². The van der Waals surface area contributed by atoms with Gasteiger partial charge in [0.15, 0.2) is 17.6 Å². The predicted molar refractivity (Wildman–Crippen MR) is 134 cm³/mol. The van der Waals surface area contributed by atoms with E-state index in [-0.39, 0.29) is 11.6 Å². The first-order chi connectivity index (χ1) is 17.2. The van der Waals surface area contributed by atoms with Gasteiger partial charge in [-0.3, -0.25) is 10.1 Å². The second kappa shape index (κ2) is 11.4. The van der Waals surface area contributed by atoms with Gasteiger partial charge < -0.3 is 24.3 Å². The Hall–Kier alpha value is -4.34. The average Bonchev–Trinajstić information content (AvgIpc) is 2.86. The number of fused-ring (bicyclic) bond motifs is 1. The molecule has 0 fully saturated rings. The Labute approximate surface area is 208 Å². The van der Waals surface area contributed by atoms with Crippen molar-refractivity contribution in [1.82, 2.24) is 15.6 Å². The van der Waals surface area contributed by atoms with Crippen LogP contribution in [0.1, 0.15) is 31.1 Å². The van der Waals surface area contributed by atoms with Gasteiger partial charge in [-0.05, 0) is 45.0 Å². The van der Waals surface area contributed by atoms with Gasteiger partial charge in [-0.2, -0.15) is 0 Å². The number of pyridine rings is 1. The van der Waals surface area contributed by atoms with E-state index >= 15 is 0 Å². The molecule has 1 aromatic heterocycles. The number of carbonyl (C=O) groups is 3. The number of carbonyl (C=O) groups excluding carboxylic acids is 3. The van der Waals surface area contributed by atoms with Gasteiger partial charge in [0.2, 0.25) is 5.75 Å². The number of nitrogens with one attached hydrogen (secondary N) is 2. The summed E-state index contributed by atoms with van der Waals surface area (Å²) >= 11 is 0. The molecule has 3 aromatic rings. The first-order valence-corrected chi connectivity index (χ1v) is 11.2. The first kappa shape index (κ1) is 26.3. The van der Waals surface area contributed by atoms with Crippen LogP contribution in [0.2, 0.25) is 0 Å². The Bertz CT molecular complexity index is 1260. The minimum absolute atomic E-state index is 0.160. The smallest absolute Gasteiger partial charge is 0.339 e. The molecule has 3 amide bonds. The van der Waals surface area contributed by atoms with Crippen LogP contribution in [-0.4, -0.2) is 56.4 Å². The Morgan fingerprint density at radius 1 is 0.889 bits per heavy atom. The molecule has 1 atom stereocenters. The van der Waals surface area contributed by atoms with Gasteiger partial charge in [0.25, 0.3) is 5.91 Å². The summed E-state index contributed by atoms with van der Waals surface area (Å²) in [6.07, 6.45) is -1.22. The lowest BCUT2D eigenvalue weighted by Crippen LogP contribution is -2.46. The highest BCUT2D eigenvalue weighted by atomic mass is 16.5. The van der Waals surface area contributed by atoms with Crippen molar-refractivity contribution in [2.24, 2.45) is 0 Å². The van der Waals surface area contributed by atoms with Crippen LogP contribution in [-0.2, 0) is 9.53 Å². The van der Waals surface area contributed by atoms with Gasteiger partial charge in [-0.15, -0.1) is 0 Å². The van der Waals surface area contributed by atoms with Gasteiger partial charge in [0, 0.05) is 17.0 Å². The number of urea groups is 1. The van der Waals surface area contributed by atoms with Crippen LogP contribution in [0.3, 0.4) is 0 Å². The molecule has 0 aliphatic rings. The third kappa shape index (κ3) is 5.83. The van der Waals surface area contributed by atoms with Crippen LogP contribution in [0.5, 0.6) is 17.2 Å². The number of benzene rings is 2. The molecule has 10 nitrogen and oxygen atoms in total. The molecule has 2 aromatic carbocycles. The molecule has 1 unspecified atom stereocenters. The third-order valence-corrected chi connectivity index (χ3v) is 5.21. The maximum Gasteiger partial charge on any atom is 0.339 e. The molecule has 0 aliphatic carbocycles. The minimum atomic E-state index is -1.22. The molecule has 0 aliphatic heterocycles. The summed E-state index contributed by atoms with van der Waals surface area (Å²) in [5.41, 5.74) is 1.81. The monoisotopic (exact) mass is 495 g/mol. The van der Waals surface area contributed by atoms with Crippen molar-refractivity contribution in [3.8, 4) is 28.5 Å². The van der Waals surface area contributed by atoms with E-state index in [9.17, 15) is 14.4 Å². The maximum absolute atomic E-state index is 13.2. The fourth-order valence-electron chi connectivity index (χ4n) is 3.51. The summed E-state index contributed by atoms with van der Waals surface area (Å²) in [6, 6.07) is 11.2. The lowest BCUT2D eigenvalue weighted by atomic mass is 10.0. The average molecular weight is 496 g/mol. The van der Waals surface area contributed by atoms with Crippen molar-refractivity contribution in [1.29, 1.82) is 0 Å². The fourth-order valence-corrected chi connectivity index (χ4v) is 3.51. The molecule has 0 spiro atoms. The van der Waals surface area contributed by atoms with E-state index in [0.717, 1.165) is 0 Å². The Kier molecular flexibility index (Phi) is 8.31. The summed E-state index contributed by atoms with van der Waals surface area (Å²) in [7, 11) is 4.52. The van der Waals surface area contributed by atoms with Gasteiger partial charge in [-0.25, -0.2) is 14.6 Å². The molecule has 0 saturated heterocycles. The minimum Gasteiger partial charge on any atom is -0.493 e. The summed E-state index contributed by atoms with van der Waals surface area (Å²) in [5, 5.41) is 5.25. The summed E-state index contributed by atoms with van der Waals surface area (Å²) < 4.78 is 21.7. The van der Waals surface area contributed by atoms with Crippen molar-refractivity contribution < 1.29 is 33.3 Å². The highest BCUT2D eigenvalue weighted by molar-refractivity contribution is 6.06. The van der Waals surface area contributed by atoms with Gasteiger partial charge in [0.05, 0.1) is 38.1 Å². The van der Waals surface area contributed by atoms with Gasteiger partial charge in [-0.1, -0.05) is 18.2 Å². The van der Waals surface area contributed by atoms with Crippen molar-refractivity contribution >= 4 is 28.8 Å². The number of amides is 3. The number of para-hydroxylation sites is 1. The first-order valence-electron chi connectivity index (χ1n) is 11.2. The van der Waals surface area contributed by atoms with Crippen LogP contribution in [0, 0.1) is 0 Å². The van der Waals surface area contributed by atoms with E-state index in [1.165, 1.54) is 28.3 Å². The standard InChI is InChI=1S/C26H29N3O7/c1-14(2)27-26(32)29-24(30)15(3)36-25(31)18-13-20(28-19-10-8-7-9-17(18)19)16-11-21(33-4)23(35-6)22(12-16)34-5/h7-15H,1-6H3,(H2,27,29,30,32).